The van der Waals surface area contributed by atoms with E-state index in [-0.39, 0.29) is 17.5 Å². The van der Waals surface area contributed by atoms with Gasteiger partial charge in [0.25, 0.3) is 0 Å². The second-order valence-corrected chi connectivity index (χ2v) is 5.24. The Hall–Kier alpha value is -1.92. The third-order valence-corrected chi connectivity index (χ3v) is 3.59. The van der Waals surface area contributed by atoms with Crippen LogP contribution in [0.4, 0.5) is 17.5 Å². The minimum atomic E-state index is -0.495. The van der Waals surface area contributed by atoms with Crippen LogP contribution in [0.15, 0.2) is 6.20 Å². The predicted molar refractivity (Wildman–Crippen MR) is 72.7 cm³/mol. The van der Waals surface area contributed by atoms with Gasteiger partial charge in [0, 0.05) is 6.54 Å². The molecule has 104 valence electrons. The van der Waals surface area contributed by atoms with E-state index >= 15 is 0 Å². The molecule has 2 atom stereocenters. The van der Waals surface area contributed by atoms with Gasteiger partial charge in [-0.2, -0.15) is 4.98 Å². The number of aromatic nitrogens is 2. The molecule has 0 amide bonds. The molecule has 1 aromatic rings. The monoisotopic (exact) mass is 265 g/mol. The smallest absolute Gasteiger partial charge is 0.329 e. The first-order valence-corrected chi connectivity index (χ1v) is 6.57. The van der Waals surface area contributed by atoms with Gasteiger partial charge in [-0.05, 0) is 24.7 Å². The fourth-order valence-electron chi connectivity index (χ4n) is 2.64. The average Bonchev–Trinajstić information content (AvgIpc) is 2.36. The summed E-state index contributed by atoms with van der Waals surface area (Å²) in [5.41, 5.74) is 5.35. The number of hydrogen-bond donors (Lipinski definition) is 2. The van der Waals surface area contributed by atoms with Crippen molar-refractivity contribution in [3.63, 3.8) is 0 Å². The Labute approximate surface area is 111 Å². The standard InChI is InChI=1S/C12H19N5O2/c1-8-3-2-4-9(5-8)6-14-11-10(17(18)19)7-15-12(13)16-11/h7-9H,2-6H2,1H3,(H3,13,14,15,16). The maximum atomic E-state index is 10.9. The molecule has 0 aromatic carbocycles. The van der Waals surface area contributed by atoms with Gasteiger partial charge >= 0.3 is 5.69 Å². The summed E-state index contributed by atoms with van der Waals surface area (Å²) in [6.07, 6.45) is 5.96. The molecular formula is C12H19N5O2. The Morgan fingerprint density at radius 2 is 2.37 bits per heavy atom. The van der Waals surface area contributed by atoms with E-state index in [2.05, 4.69) is 22.2 Å². The van der Waals surface area contributed by atoms with E-state index < -0.39 is 4.92 Å². The number of nitrogens with one attached hydrogen (secondary N) is 1. The Bertz CT molecular complexity index is 465. The van der Waals surface area contributed by atoms with Crippen LogP contribution in [0.1, 0.15) is 32.6 Å². The van der Waals surface area contributed by atoms with Crippen LogP contribution < -0.4 is 11.1 Å². The average molecular weight is 265 g/mol. The minimum absolute atomic E-state index is 0.0464. The number of rotatable bonds is 4. The number of nitrogens with zero attached hydrogens (tertiary/aromatic N) is 3. The van der Waals surface area contributed by atoms with Crippen LogP contribution in [-0.4, -0.2) is 21.4 Å². The summed E-state index contributed by atoms with van der Waals surface area (Å²) >= 11 is 0. The lowest BCUT2D eigenvalue weighted by atomic mass is 9.82. The van der Waals surface area contributed by atoms with E-state index in [1.165, 1.54) is 12.8 Å². The van der Waals surface area contributed by atoms with E-state index in [1.54, 1.807) is 0 Å². The highest BCUT2D eigenvalue weighted by molar-refractivity contribution is 5.56. The molecule has 1 saturated carbocycles. The van der Waals surface area contributed by atoms with Crippen LogP contribution >= 0.6 is 0 Å². The zero-order valence-electron chi connectivity index (χ0n) is 11.0. The van der Waals surface area contributed by atoms with E-state index in [0.29, 0.717) is 12.5 Å². The van der Waals surface area contributed by atoms with Gasteiger partial charge in [-0.25, -0.2) is 4.98 Å². The topological polar surface area (TPSA) is 107 Å². The van der Waals surface area contributed by atoms with Crippen molar-refractivity contribution in [2.24, 2.45) is 11.8 Å². The molecule has 0 aliphatic heterocycles. The number of nitrogens with two attached hydrogens (primary N) is 1. The number of nitrogen functional groups attached to an aromatic ring is 1. The lowest BCUT2D eigenvalue weighted by Crippen LogP contribution is -2.22. The number of anilines is 2. The van der Waals surface area contributed by atoms with Gasteiger partial charge in [-0.1, -0.05) is 19.8 Å². The second kappa shape index (κ2) is 5.81. The summed E-state index contributed by atoms with van der Waals surface area (Å²) in [4.78, 5) is 18.0. The maximum Gasteiger partial charge on any atom is 0.329 e. The summed E-state index contributed by atoms with van der Waals surface area (Å²) in [6, 6.07) is 0. The lowest BCUT2D eigenvalue weighted by Gasteiger charge is -2.26. The van der Waals surface area contributed by atoms with Crippen molar-refractivity contribution in [1.29, 1.82) is 0 Å². The van der Waals surface area contributed by atoms with E-state index in [9.17, 15) is 10.1 Å². The predicted octanol–water partition coefficient (Wildman–Crippen LogP) is 2.21. The molecule has 3 N–H and O–H groups in total. The number of hydrogen-bond acceptors (Lipinski definition) is 6. The fraction of sp³-hybridized carbons (Fsp3) is 0.667. The van der Waals surface area contributed by atoms with Crippen molar-refractivity contribution >= 4 is 17.5 Å². The van der Waals surface area contributed by atoms with Crippen molar-refractivity contribution < 1.29 is 4.92 Å². The van der Waals surface area contributed by atoms with Crippen molar-refractivity contribution in [3.05, 3.63) is 16.3 Å². The van der Waals surface area contributed by atoms with Crippen LogP contribution in [-0.2, 0) is 0 Å². The molecule has 2 unspecified atom stereocenters. The highest BCUT2D eigenvalue weighted by Gasteiger charge is 2.21. The van der Waals surface area contributed by atoms with Gasteiger partial charge in [0.05, 0.1) is 4.92 Å². The van der Waals surface area contributed by atoms with Gasteiger partial charge in [-0.15, -0.1) is 0 Å². The quantitative estimate of drug-likeness (QED) is 0.638. The number of nitro groups is 1. The van der Waals surface area contributed by atoms with Crippen LogP contribution in [0, 0.1) is 22.0 Å². The van der Waals surface area contributed by atoms with Crippen LogP contribution in [0.5, 0.6) is 0 Å². The fourth-order valence-corrected chi connectivity index (χ4v) is 2.64. The Morgan fingerprint density at radius 1 is 1.58 bits per heavy atom. The second-order valence-electron chi connectivity index (χ2n) is 5.24. The van der Waals surface area contributed by atoms with Crippen molar-refractivity contribution in [1.82, 2.24) is 9.97 Å². The molecule has 1 aliphatic rings. The normalized spacial score (nSPS) is 23.0. The van der Waals surface area contributed by atoms with E-state index in [4.69, 9.17) is 5.73 Å². The molecule has 1 aliphatic carbocycles. The summed E-state index contributed by atoms with van der Waals surface area (Å²) in [5.74, 6) is 1.53. The minimum Gasteiger partial charge on any atom is -0.368 e. The largest absolute Gasteiger partial charge is 0.368 e. The molecule has 1 heterocycles. The molecule has 0 spiro atoms. The van der Waals surface area contributed by atoms with E-state index in [1.807, 2.05) is 0 Å². The van der Waals surface area contributed by atoms with Gasteiger partial charge in [0.15, 0.2) is 0 Å². The van der Waals surface area contributed by atoms with Crippen molar-refractivity contribution in [2.75, 3.05) is 17.6 Å². The molecule has 7 heteroatoms. The summed E-state index contributed by atoms with van der Waals surface area (Å²) < 4.78 is 0. The Morgan fingerprint density at radius 3 is 3.05 bits per heavy atom. The summed E-state index contributed by atoms with van der Waals surface area (Å²) in [7, 11) is 0. The molecule has 0 bridgehead atoms. The van der Waals surface area contributed by atoms with Crippen LogP contribution in [0.2, 0.25) is 0 Å². The highest BCUT2D eigenvalue weighted by Crippen LogP contribution is 2.29. The van der Waals surface area contributed by atoms with Crippen LogP contribution in [0.25, 0.3) is 0 Å². The molecule has 2 rings (SSSR count). The zero-order valence-corrected chi connectivity index (χ0v) is 11.0. The third-order valence-electron chi connectivity index (χ3n) is 3.59. The third kappa shape index (κ3) is 3.52. The first-order chi connectivity index (χ1) is 9.06. The first-order valence-electron chi connectivity index (χ1n) is 6.57. The Kier molecular flexibility index (Phi) is 4.13. The Balaban J connectivity index is 2.02. The van der Waals surface area contributed by atoms with Crippen molar-refractivity contribution in [2.45, 2.75) is 32.6 Å². The maximum absolute atomic E-state index is 10.9. The van der Waals surface area contributed by atoms with E-state index in [0.717, 1.165) is 25.0 Å². The summed E-state index contributed by atoms with van der Waals surface area (Å²) in [5, 5.41) is 13.9. The highest BCUT2D eigenvalue weighted by atomic mass is 16.6. The van der Waals surface area contributed by atoms with Gasteiger partial charge in [-0.3, -0.25) is 10.1 Å². The molecule has 19 heavy (non-hydrogen) atoms. The van der Waals surface area contributed by atoms with Gasteiger partial charge in [0.1, 0.15) is 6.20 Å². The molecule has 1 fully saturated rings. The summed E-state index contributed by atoms with van der Waals surface area (Å²) in [6.45, 7) is 2.94. The van der Waals surface area contributed by atoms with Crippen LogP contribution in [0.3, 0.4) is 0 Å². The van der Waals surface area contributed by atoms with Crippen molar-refractivity contribution in [3.8, 4) is 0 Å². The molecule has 0 saturated heterocycles. The van der Waals surface area contributed by atoms with Gasteiger partial charge < -0.3 is 11.1 Å². The molecule has 7 nitrogen and oxygen atoms in total. The first kappa shape index (κ1) is 13.5. The lowest BCUT2D eigenvalue weighted by molar-refractivity contribution is -0.384. The van der Waals surface area contributed by atoms with Gasteiger partial charge in [0.2, 0.25) is 11.8 Å². The molecular weight excluding hydrogens is 246 g/mol. The molecule has 1 aromatic heterocycles. The zero-order chi connectivity index (χ0) is 13.8. The SMILES string of the molecule is CC1CCCC(CNc2nc(N)ncc2[N+](=O)[O-])C1. The molecule has 0 radical (unpaired) electrons.